The summed E-state index contributed by atoms with van der Waals surface area (Å²) in [4.78, 5) is 28.6. The molecule has 1 unspecified atom stereocenters. The van der Waals surface area contributed by atoms with Crippen molar-refractivity contribution in [1.29, 1.82) is 0 Å². The summed E-state index contributed by atoms with van der Waals surface area (Å²) in [5.41, 5.74) is 1.81. The van der Waals surface area contributed by atoms with E-state index in [4.69, 9.17) is 0 Å². The first-order valence-corrected chi connectivity index (χ1v) is 13.5. The van der Waals surface area contributed by atoms with Gasteiger partial charge in [-0.3, -0.25) is 9.59 Å². The van der Waals surface area contributed by atoms with Gasteiger partial charge >= 0.3 is 0 Å². The van der Waals surface area contributed by atoms with Crippen LogP contribution >= 0.6 is 0 Å². The molecule has 8 nitrogen and oxygen atoms in total. The van der Waals surface area contributed by atoms with Gasteiger partial charge in [0.2, 0.25) is 21.8 Å². The monoisotopic (exact) mass is 502 g/mol. The second-order valence-corrected chi connectivity index (χ2v) is 11.1. The molecule has 10 heteroatoms. The van der Waals surface area contributed by atoms with Crippen molar-refractivity contribution >= 4 is 27.5 Å². The molecule has 2 saturated heterocycles. The number of sulfonamides is 1. The fourth-order valence-electron chi connectivity index (χ4n) is 4.49. The molecule has 188 valence electrons. The highest BCUT2D eigenvalue weighted by atomic mass is 32.2. The van der Waals surface area contributed by atoms with Gasteiger partial charge in [-0.15, -0.1) is 0 Å². The zero-order valence-corrected chi connectivity index (χ0v) is 20.4. The van der Waals surface area contributed by atoms with Gasteiger partial charge in [0.25, 0.3) is 0 Å². The molecule has 0 spiro atoms. The van der Waals surface area contributed by atoms with Crippen LogP contribution in [-0.4, -0.2) is 81.0 Å². The highest BCUT2D eigenvalue weighted by Gasteiger charge is 2.35. The Kier molecular flexibility index (Phi) is 8.15. The number of nitrogens with zero attached hydrogens (tertiary/aromatic N) is 3. The number of anilines is 1. The van der Waals surface area contributed by atoms with Gasteiger partial charge in [-0.05, 0) is 36.2 Å². The Balaban J connectivity index is 1.18. The number of halogens is 1. The number of nitrogens with one attached hydrogen (secondary N) is 1. The van der Waals surface area contributed by atoms with E-state index in [2.05, 4.69) is 22.3 Å². The summed E-state index contributed by atoms with van der Waals surface area (Å²) in [5, 5.41) is 2.67. The van der Waals surface area contributed by atoms with E-state index in [1.54, 1.807) is 0 Å². The second-order valence-electron chi connectivity index (χ2n) is 8.97. The fraction of sp³-hybridized carbons (Fsp3) is 0.440. The van der Waals surface area contributed by atoms with Crippen LogP contribution in [0.2, 0.25) is 0 Å². The third-order valence-electron chi connectivity index (χ3n) is 6.58. The lowest BCUT2D eigenvalue weighted by Crippen LogP contribution is -2.50. The molecule has 2 heterocycles. The summed E-state index contributed by atoms with van der Waals surface area (Å²) in [7, 11) is -3.48. The smallest absolute Gasteiger partial charge is 0.227 e. The first kappa shape index (κ1) is 25.3. The van der Waals surface area contributed by atoms with Crippen molar-refractivity contribution in [2.45, 2.75) is 12.8 Å². The molecular formula is C25H31FN4O4S. The Morgan fingerprint density at radius 3 is 2.37 bits per heavy atom. The zero-order chi connectivity index (χ0) is 24.8. The average Bonchev–Trinajstić information content (AvgIpc) is 3.25. The van der Waals surface area contributed by atoms with E-state index in [0.717, 1.165) is 13.0 Å². The van der Waals surface area contributed by atoms with Crippen molar-refractivity contribution in [2.24, 2.45) is 5.92 Å². The third-order valence-corrected chi connectivity index (χ3v) is 8.45. The highest BCUT2D eigenvalue weighted by molar-refractivity contribution is 7.89. The average molecular weight is 503 g/mol. The number of amides is 2. The summed E-state index contributed by atoms with van der Waals surface area (Å²) < 4.78 is 40.1. The summed E-state index contributed by atoms with van der Waals surface area (Å²) in [6.07, 6.45) is 0.975. The zero-order valence-electron chi connectivity index (χ0n) is 19.6. The van der Waals surface area contributed by atoms with Gasteiger partial charge in [-0.25, -0.2) is 12.8 Å². The van der Waals surface area contributed by atoms with Crippen LogP contribution in [0.1, 0.15) is 12.0 Å². The first-order chi connectivity index (χ1) is 16.8. The Morgan fingerprint density at radius 2 is 1.69 bits per heavy atom. The molecule has 2 aromatic rings. The minimum absolute atomic E-state index is 0.00335. The van der Waals surface area contributed by atoms with Gasteiger partial charge in [0.05, 0.1) is 11.7 Å². The predicted octanol–water partition coefficient (Wildman–Crippen LogP) is 1.48. The van der Waals surface area contributed by atoms with Gasteiger partial charge in [0.1, 0.15) is 5.82 Å². The van der Waals surface area contributed by atoms with Gasteiger partial charge in [-0.2, -0.15) is 4.31 Å². The molecule has 4 rings (SSSR count). The second kappa shape index (κ2) is 11.3. The van der Waals surface area contributed by atoms with Crippen LogP contribution in [0, 0.1) is 11.7 Å². The highest BCUT2D eigenvalue weighted by Crippen LogP contribution is 2.25. The normalized spacial score (nSPS) is 19.7. The number of piperazine rings is 1. The van der Waals surface area contributed by atoms with E-state index in [1.807, 2.05) is 18.2 Å². The number of carbonyl (C=O) groups is 2. The van der Waals surface area contributed by atoms with Crippen molar-refractivity contribution in [3.05, 3.63) is 66.0 Å². The van der Waals surface area contributed by atoms with Crippen LogP contribution in [0.5, 0.6) is 0 Å². The van der Waals surface area contributed by atoms with Crippen LogP contribution in [0.25, 0.3) is 0 Å². The largest absolute Gasteiger partial charge is 0.355 e. The van der Waals surface area contributed by atoms with E-state index in [-0.39, 0.29) is 37.1 Å². The summed E-state index contributed by atoms with van der Waals surface area (Å²) >= 11 is 0. The maximum Gasteiger partial charge on any atom is 0.227 e. The predicted molar refractivity (Wildman–Crippen MR) is 132 cm³/mol. The molecule has 2 aromatic carbocycles. The molecule has 2 fully saturated rings. The van der Waals surface area contributed by atoms with Crippen molar-refractivity contribution in [2.75, 3.05) is 56.5 Å². The molecule has 2 amide bonds. The van der Waals surface area contributed by atoms with Gasteiger partial charge < -0.3 is 15.1 Å². The molecule has 0 aromatic heterocycles. The molecule has 0 radical (unpaired) electrons. The van der Waals surface area contributed by atoms with E-state index in [0.29, 0.717) is 31.9 Å². The minimum Gasteiger partial charge on any atom is -0.355 e. The molecule has 2 aliphatic rings. The van der Waals surface area contributed by atoms with Crippen molar-refractivity contribution in [1.82, 2.24) is 14.5 Å². The molecule has 2 aliphatic heterocycles. The van der Waals surface area contributed by atoms with Crippen LogP contribution < -0.4 is 10.2 Å². The van der Waals surface area contributed by atoms with Gasteiger partial charge in [0, 0.05) is 57.9 Å². The SMILES string of the molecule is O=C(NCCS(=O)(=O)N1CCN(CCc2ccccc2)CC1)C1CC(=O)N(c2ccc(F)cc2)C1. The Labute approximate surface area is 205 Å². The molecule has 1 atom stereocenters. The van der Waals surface area contributed by atoms with Crippen LogP contribution in [0.15, 0.2) is 54.6 Å². The van der Waals surface area contributed by atoms with Crippen LogP contribution in [-0.2, 0) is 26.0 Å². The molecule has 0 aliphatic carbocycles. The molecule has 0 saturated carbocycles. The lowest BCUT2D eigenvalue weighted by atomic mass is 10.1. The molecular weight excluding hydrogens is 471 g/mol. The number of rotatable bonds is 9. The number of carbonyl (C=O) groups excluding carboxylic acids is 2. The summed E-state index contributed by atoms with van der Waals surface area (Å²) in [5.74, 6) is -1.70. The summed E-state index contributed by atoms with van der Waals surface area (Å²) in [6, 6.07) is 15.8. The Morgan fingerprint density at radius 1 is 1.00 bits per heavy atom. The van der Waals surface area contributed by atoms with Crippen molar-refractivity contribution < 1.29 is 22.4 Å². The fourth-order valence-corrected chi connectivity index (χ4v) is 5.83. The quantitative estimate of drug-likeness (QED) is 0.561. The maximum atomic E-state index is 13.1. The first-order valence-electron chi connectivity index (χ1n) is 11.9. The Hall–Kier alpha value is -2.82. The van der Waals surface area contributed by atoms with E-state index < -0.39 is 21.8 Å². The van der Waals surface area contributed by atoms with E-state index >= 15 is 0 Å². The Bertz CT molecular complexity index is 1120. The van der Waals surface area contributed by atoms with Crippen molar-refractivity contribution in [3.8, 4) is 0 Å². The van der Waals surface area contributed by atoms with Crippen molar-refractivity contribution in [3.63, 3.8) is 0 Å². The van der Waals surface area contributed by atoms with E-state index in [1.165, 1.54) is 39.0 Å². The van der Waals surface area contributed by atoms with Crippen LogP contribution in [0.3, 0.4) is 0 Å². The van der Waals surface area contributed by atoms with Crippen LogP contribution in [0.4, 0.5) is 10.1 Å². The van der Waals surface area contributed by atoms with Gasteiger partial charge in [-0.1, -0.05) is 30.3 Å². The van der Waals surface area contributed by atoms with Gasteiger partial charge in [0.15, 0.2) is 0 Å². The minimum atomic E-state index is -3.48. The van der Waals surface area contributed by atoms with E-state index in [9.17, 15) is 22.4 Å². The number of hydrogen-bond acceptors (Lipinski definition) is 5. The lowest BCUT2D eigenvalue weighted by molar-refractivity contribution is -0.126. The molecule has 0 bridgehead atoms. The summed E-state index contributed by atoms with van der Waals surface area (Å²) in [6.45, 7) is 3.32. The number of hydrogen-bond donors (Lipinski definition) is 1. The maximum absolute atomic E-state index is 13.1. The molecule has 1 N–H and O–H groups in total. The standard InChI is InChI=1S/C25H31FN4O4S/c26-22-6-8-23(9-7-22)30-19-21(18-24(30)31)25(32)27-11-17-35(33,34)29-15-13-28(14-16-29)12-10-20-4-2-1-3-5-20/h1-9,21H,10-19H2,(H,27,32). The number of benzene rings is 2. The third kappa shape index (κ3) is 6.65. The lowest BCUT2D eigenvalue weighted by Gasteiger charge is -2.34. The topological polar surface area (TPSA) is 90.0 Å². The molecule has 35 heavy (non-hydrogen) atoms.